The predicted molar refractivity (Wildman–Crippen MR) is 185 cm³/mol. The smallest absolute Gasteiger partial charge is 0.183 e. The SMILES string of the molecule is C=C/C(C)=C\C(C)/C(=C\C(=NC)C1=CC(=O)C(=C)CC(/C(C)=C\C(=C/C)C2CCC(=C)C(CCCC)CC2)=N1)C(=C)C. The first-order valence-electron chi connectivity index (χ1n) is 15.6. The molecule has 3 nitrogen and oxygen atoms in total. The number of unbranched alkanes of at least 4 members (excludes halogenated alkanes) is 1. The zero-order valence-corrected chi connectivity index (χ0v) is 27.5. The monoisotopic (exact) mass is 566 g/mol. The highest BCUT2D eigenvalue weighted by Gasteiger charge is 2.24. The van der Waals surface area contributed by atoms with E-state index < -0.39 is 0 Å². The van der Waals surface area contributed by atoms with Crippen molar-refractivity contribution in [2.45, 2.75) is 92.9 Å². The minimum Gasteiger partial charge on any atom is -0.290 e. The van der Waals surface area contributed by atoms with Crippen molar-refractivity contribution in [3.05, 3.63) is 107 Å². The van der Waals surface area contributed by atoms with Gasteiger partial charge in [-0.15, -0.1) is 0 Å². The van der Waals surface area contributed by atoms with Crippen LogP contribution in [-0.4, -0.2) is 24.3 Å². The molecule has 0 bridgehead atoms. The van der Waals surface area contributed by atoms with Crippen molar-refractivity contribution in [2.75, 3.05) is 7.05 Å². The molecule has 0 radical (unpaired) electrons. The number of carbonyl (C=O) groups is 1. The lowest BCUT2D eigenvalue weighted by Gasteiger charge is -2.18. The van der Waals surface area contributed by atoms with Crippen LogP contribution in [-0.2, 0) is 4.79 Å². The lowest BCUT2D eigenvalue weighted by Crippen LogP contribution is -2.08. The molecular formula is C39H54N2O. The maximum absolute atomic E-state index is 13.0. The number of hydrogen-bond acceptors (Lipinski definition) is 3. The van der Waals surface area contributed by atoms with Crippen molar-refractivity contribution in [3.8, 4) is 0 Å². The fraction of sp³-hybridized carbons (Fsp3) is 0.462. The second-order valence-electron chi connectivity index (χ2n) is 12.1. The number of carbonyl (C=O) groups excluding carboxylic acids is 1. The van der Waals surface area contributed by atoms with Gasteiger partial charge in [0.15, 0.2) is 5.78 Å². The molecule has 1 aliphatic heterocycles. The summed E-state index contributed by atoms with van der Waals surface area (Å²) in [6.07, 6.45) is 20.9. The Balaban J connectivity index is 2.45. The van der Waals surface area contributed by atoms with Gasteiger partial charge >= 0.3 is 0 Å². The largest absolute Gasteiger partial charge is 0.290 e. The highest BCUT2D eigenvalue weighted by Crippen LogP contribution is 2.37. The molecule has 0 aromatic heterocycles. The Bertz CT molecular complexity index is 1290. The van der Waals surface area contributed by atoms with E-state index in [1.807, 2.05) is 26.0 Å². The van der Waals surface area contributed by atoms with Crippen LogP contribution >= 0.6 is 0 Å². The van der Waals surface area contributed by atoms with E-state index in [0.717, 1.165) is 40.8 Å². The fourth-order valence-corrected chi connectivity index (χ4v) is 5.90. The van der Waals surface area contributed by atoms with Crippen LogP contribution in [0.1, 0.15) is 92.9 Å². The Morgan fingerprint density at radius 1 is 1.17 bits per heavy atom. The molecule has 0 saturated heterocycles. The molecule has 2 rings (SSSR count). The van der Waals surface area contributed by atoms with Gasteiger partial charge in [0.05, 0.1) is 11.4 Å². The molecule has 2 aliphatic rings. The van der Waals surface area contributed by atoms with Crippen molar-refractivity contribution < 1.29 is 4.79 Å². The second kappa shape index (κ2) is 16.9. The van der Waals surface area contributed by atoms with E-state index in [0.29, 0.717) is 35.2 Å². The third-order valence-electron chi connectivity index (χ3n) is 8.67. The number of ketones is 1. The van der Waals surface area contributed by atoms with Crippen LogP contribution in [0.3, 0.4) is 0 Å². The zero-order valence-electron chi connectivity index (χ0n) is 27.5. The molecule has 1 heterocycles. The predicted octanol–water partition coefficient (Wildman–Crippen LogP) is 10.6. The Labute approximate surface area is 256 Å². The second-order valence-corrected chi connectivity index (χ2v) is 12.1. The highest BCUT2D eigenvalue weighted by atomic mass is 16.1. The standard InChI is InChI=1S/C39H54N2O/c1-12-15-16-33-19-20-34(18-17-28(33)7)32(14-3)22-30(9)36-23-31(10)39(42)25-38(41-36)37(40-11)24-35(26(4)5)29(8)21-27(6)13-2/h13-14,21-22,24-25,29,33-34H,2,4,7,10,12,15-20,23H2,1,3,5-6,8-9,11H3/b27-21-,30-22-,32-14+,35-24-,40-37?. The number of allylic oxidation sites excluding steroid dienone is 13. The van der Waals surface area contributed by atoms with E-state index in [1.165, 1.54) is 43.3 Å². The Morgan fingerprint density at radius 2 is 1.88 bits per heavy atom. The Morgan fingerprint density at radius 3 is 2.48 bits per heavy atom. The summed E-state index contributed by atoms with van der Waals surface area (Å²) in [4.78, 5) is 22.7. The van der Waals surface area contributed by atoms with Crippen LogP contribution < -0.4 is 0 Å². The molecule has 1 fully saturated rings. The van der Waals surface area contributed by atoms with E-state index >= 15 is 0 Å². The lowest BCUT2D eigenvalue weighted by atomic mass is 9.88. The normalized spacial score (nSPS) is 22.7. The van der Waals surface area contributed by atoms with Gasteiger partial charge in [0.1, 0.15) is 0 Å². The van der Waals surface area contributed by atoms with Gasteiger partial charge in [-0.05, 0) is 106 Å². The third kappa shape index (κ3) is 9.89. The number of nitrogens with zero attached hydrogens (tertiary/aromatic N) is 2. The molecule has 0 spiro atoms. The maximum atomic E-state index is 13.0. The summed E-state index contributed by atoms with van der Waals surface area (Å²) < 4.78 is 0. The van der Waals surface area contributed by atoms with Crippen LogP contribution in [0.5, 0.6) is 0 Å². The van der Waals surface area contributed by atoms with Crippen LogP contribution in [0.25, 0.3) is 0 Å². The van der Waals surface area contributed by atoms with Crippen LogP contribution in [0.15, 0.2) is 117 Å². The van der Waals surface area contributed by atoms with Crippen molar-refractivity contribution in [1.29, 1.82) is 0 Å². The quantitative estimate of drug-likeness (QED) is 0.0761. The van der Waals surface area contributed by atoms with Gasteiger partial charge in [0.2, 0.25) is 0 Å². The van der Waals surface area contributed by atoms with Gasteiger partial charge in [-0.25, -0.2) is 0 Å². The molecule has 1 aliphatic carbocycles. The molecule has 226 valence electrons. The average molecular weight is 567 g/mol. The van der Waals surface area contributed by atoms with E-state index in [9.17, 15) is 4.79 Å². The average Bonchev–Trinajstić information content (AvgIpc) is 3.23. The number of rotatable bonds is 12. The minimum atomic E-state index is -0.106. The first kappa shape index (κ1) is 34.9. The molecule has 0 aromatic carbocycles. The summed E-state index contributed by atoms with van der Waals surface area (Å²) in [5.41, 5.74) is 9.54. The number of aliphatic imine (C=N–C) groups is 2. The summed E-state index contributed by atoms with van der Waals surface area (Å²) in [7, 11) is 1.74. The summed E-state index contributed by atoms with van der Waals surface area (Å²) in [6, 6.07) is 0. The third-order valence-corrected chi connectivity index (χ3v) is 8.67. The summed E-state index contributed by atoms with van der Waals surface area (Å²) in [5.74, 6) is 1.15. The summed E-state index contributed by atoms with van der Waals surface area (Å²) in [6.45, 7) is 29.3. The maximum Gasteiger partial charge on any atom is 0.183 e. The van der Waals surface area contributed by atoms with Gasteiger partial charge in [0.25, 0.3) is 0 Å². The van der Waals surface area contributed by atoms with Crippen molar-refractivity contribution in [2.24, 2.45) is 27.7 Å². The zero-order chi connectivity index (χ0) is 31.4. The van der Waals surface area contributed by atoms with Gasteiger partial charge in [-0.3, -0.25) is 14.8 Å². The molecule has 3 heteroatoms. The van der Waals surface area contributed by atoms with Crippen molar-refractivity contribution >= 4 is 17.2 Å². The van der Waals surface area contributed by atoms with Gasteiger partial charge < -0.3 is 0 Å². The molecule has 0 N–H and O–H groups in total. The van der Waals surface area contributed by atoms with Crippen LogP contribution in [0.4, 0.5) is 0 Å². The molecular weight excluding hydrogens is 512 g/mol. The number of hydrogen-bond donors (Lipinski definition) is 0. The van der Waals surface area contributed by atoms with E-state index in [-0.39, 0.29) is 11.7 Å². The Kier molecular flexibility index (Phi) is 14.1. The van der Waals surface area contributed by atoms with Crippen molar-refractivity contribution in [3.63, 3.8) is 0 Å². The fourth-order valence-electron chi connectivity index (χ4n) is 5.90. The van der Waals surface area contributed by atoms with Gasteiger partial charge in [0, 0.05) is 25.3 Å². The summed E-state index contributed by atoms with van der Waals surface area (Å²) >= 11 is 0. The van der Waals surface area contributed by atoms with Crippen LogP contribution in [0.2, 0.25) is 0 Å². The molecule has 0 amide bonds. The highest BCUT2D eigenvalue weighted by molar-refractivity contribution is 6.20. The first-order chi connectivity index (χ1) is 19.9. The lowest BCUT2D eigenvalue weighted by molar-refractivity contribution is -0.111. The topological polar surface area (TPSA) is 41.8 Å². The molecule has 3 unspecified atom stereocenters. The van der Waals surface area contributed by atoms with Crippen molar-refractivity contribution in [1.82, 2.24) is 0 Å². The van der Waals surface area contributed by atoms with E-state index in [2.05, 4.69) is 77.2 Å². The molecule has 3 atom stereocenters. The molecule has 0 aromatic rings. The minimum absolute atomic E-state index is 0.105. The summed E-state index contributed by atoms with van der Waals surface area (Å²) in [5, 5.41) is 0. The van der Waals surface area contributed by atoms with E-state index in [1.54, 1.807) is 13.1 Å². The van der Waals surface area contributed by atoms with Gasteiger partial charge in [-0.1, -0.05) is 94.0 Å². The first-order valence-corrected chi connectivity index (χ1v) is 15.6. The van der Waals surface area contributed by atoms with Gasteiger partial charge in [-0.2, -0.15) is 0 Å². The van der Waals surface area contributed by atoms with Crippen LogP contribution in [0, 0.1) is 17.8 Å². The molecule has 42 heavy (non-hydrogen) atoms. The van der Waals surface area contributed by atoms with E-state index in [4.69, 9.17) is 4.99 Å². The molecule has 1 saturated carbocycles. The Hall–Kier alpha value is -3.33.